The molecule has 0 N–H and O–H groups in total. The molecule has 21 heavy (non-hydrogen) atoms. The molecule has 7 heteroatoms. The van der Waals surface area contributed by atoms with Gasteiger partial charge in [-0.3, -0.25) is 0 Å². The summed E-state index contributed by atoms with van der Waals surface area (Å²) in [6.07, 6.45) is 0. The Bertz CT molecular complexity index is 760. The minimum atomic E-state index is 0.0367. The van der Waals surface area contributed by atoms with Crippen LogP contribution in [0.15, 0.2) is 55.0 Å². The highest BCUT2D eigenvalue weighted by Gasteiger charge is 2.26. The van der Waals surface area contributed by atoms with Crippen molar-refractivity contribution in [2.45, 2.75) is 0 Å². The van der Waals surface area contributed by atoms with Crippen molar-refractivity contribution in [1.29, 1.82) is 10.5 Å². The van der Waals surface area contributed by atoms with Gasteiger partial charge in [-0.15, -0.1) is 22.7 Å². The molecule has 0 saturated carbocycles. The van der Waals surface area contributed by atoms with E-state index in [1.807, 2.05) is 47.2 Å². The fraction of sp³-hybridized carbons (Fsp3) is 0. The van der Waals surface area contributed by atoms with Gasteiger partial charge in [0.2, 0.25) is 0 Å². The molecular formula is C14H6N4S3. The topological polar surface area (TPSA) is 72.3 Å². The highest BCUT2D eigenvalue weighted by molar-refractivity contribution is 7.97. The van der Waals surface area contributed by atoms with Crippen molar-refractivity contribution in [2.24, 2.45) is 8.80 Å². The molecule has 2 aromatic heterocycles. The molecule has 0 atom stereocenters. The quantitative estimate of drug-likeness (QED) is 0.618. The first kappa shape index (κ1) is 13.8. The zero-order valence-corrected chi connectivity index (χ0v) is 12.9. The van der Waals surface area contributed by atoms with Gasteiger partial charge in [0, 0.05) is 0 Å². The molecule has 0 aromatic carbocycles. The first-order valence-corrected chi connectivity index (χ1v) is 8.29. The van der Waals surface area contributed by atoms with E-state index in [4.69, 9.17) is 0 Å². The Labute approximate surface area is 133 Å². The van der Waals surface area contributed by atoms with Crippen LogP contribution in [0.25, 0.3) is 0 Å². The molecule has 0 spiro atoms. The summed E-state index contributed by atoms with van der Waals surface area (Å²) in [5, 5.41) is 22.4. The number of hydrogen-bond donors (Lipinski definition) is 0. The lowest BCUT2D eigenvalue weighted by molar-refractivity contribution is 1.45. The summed E-state index contributed by atoms with van der Waals surface area (Å²) < 4.78 is 8.66. The second-order valence-corrected chi connectivity index (χ2v) is 6.31. The third-order valence-corrected chi connectivity index (χ3v) is 5.00. The zero-order valence-electron chi connectivity index (χ0n) is 10.5. The fourth-order valence-electron chi connectivity index (χ4n) is 1.84. The van der Waals surface area contributed by atoms with E-state index < -0.39 is 0 Å². The molecule has 0 saturated heterocycles. The molecule has 0 unspecified atom stereocenters. The van der Waals surface area contributed by atoms with E-state index in [0.29, 0.717) is 17.0 Å². The van der Waals surface area contributed by atoms with Crippen LogP contribution in [0, 0.1) is 22.7 Å². The second-order valence-electron chi connectivity index (χ2n) is 3.89. The maximum absolute atomic E-state index is 9.27. The van der Waals surface area contributed by atoms with Gasteiger partial charge in [0.15, 0.2) is 0 Å². The largest absolute Gasteiger partial charge is 0.192 e. The van der Waals surface area contributed by atoms with Gasteiger partial charge in [0.05, 0.1) is 15.3 Å². The Balaban J connectivity index is 2.21. The average Bonchev–Trinajstić information content (AvgIpc) is 3.22. The number of hydrogen-bond acceptors (Lipinski definition) is 7. The number of thiophene rings is 2. The van der Waals surface area contributed by atoms with Crippen LogP contribution in [-0.4, -0.2) is 11.4 Å². The monoisotopic (exact) mass is 326 g/mol. The summed E-state index contributed by atoms with van der Waals surface area (Å²) in [5.41, 5.74) is 1.84. The summed E-state index contributed by atoms with van der Waals surface area (Å²) in [6, 6.07) is 11.6. The molecule has 3 rings (SSSR count). The van der Waals surface area contributed by atoms with E-state index in [1.54, 1.807) is 0 Å². The van der Waals surface area contributed by atoms with Crippen molar-refractivity contribution in [2.75, 3.05) is 0 Å². The van der Waals surface area contributed by atoms with Gasteiger partial charge < -0.3 is 0 Å². The van der Waals surface area contributed by atoms with Gasteiger partial charge in [-0.1, -0.05) is 12.1 Å². The lowest BCUT2D eigenvalue weighted by Gasteiger charge is -2.14. The normalized spacial score (nSPS) is 13.9. The smallest absolute Gasteiger partial charge is 0.141 e. The standard InChI is InChI=1S/C14H6N4S3/c15-7-9(8-16)12-13(10-3-1-5-19-10)17-21-18-14(12)11-4-2-6-20-11/h1-6H. The van der Waals surface area contributed by atoms with Gasteiger partial charge in [0.1, 0.15) is 41.3 Å². The summed E-state index contributed by atoms with van der Waals surface area (Å²) in [6.45, 7) is 0. The first-order chi connectivity index (χ1) is 10.3. The molecule has 3 heterocycles. The zero-order chi connectivity index (χ0) is 14.7. The van der Waals surface area contributed by atoms with Gasteiger partial charge in [-0.05, 0) is 22.9 Å². The van der Waals surface area contributed by atoms with Gasteiger partial charge in [0.25, 0.3) is 0 Å². The van der Waals surface area contributed by atoms with E-state index in [2.05, 4.69) is 8.80 Å². The van der Waals surface area contributed by atoms with Gasteiger partial charge >= 0.3 is 0 Å². The molecule has 0 aliphatic carbocycles. The minimum absolute atomic E-state index is 0.0367. The lowest BCUT2D eigenvalue weighted by atomic mass is 9.97. The summed E-state index contributed by atoms with van der Waals surface area (Å²) in [4.78, 5) is 1.84. The van der Waals surface area contributed by atoms with Crippen LogP contribution in [-0.2, 0) is 0 Å². The van der Waals surface area contributed by atoms with Crippen LogP contribution in [0.4, 0.5) is 0 Å². The maximum atomic E-state index is 9.27. The number of nitrogens with zero attached hydrogens (tertiary/aromatic N) is 4. The Morgan fingerprint density at radius 1 is 0.905 bits per heavy atom. The van der Waals surface area contributed by atoms with E-state index >= 15 is 0 Å². The summed E-state index contributed by atoms with van der Waals surface area (Å²) in [7, 11) is 0. The molecular weight excluding hydrogens is 320 g/mol. The summed E-state index contributed by atoms with van der Waals surface area (Å²) in [5.74, 6) is 0. The molecule has 2 aromatic rings. The van der Waals surface area contributed by atoms with Gasteiger partial charge in [-0.25, -0.2) is 0 Å². The molecule has 0 fully saturated rings. The molecule has 1 aliphatic rings. The molecule has 0 bridgehead atoms. The number of nitriles is 2. The Morgan fingerprint density at radius 3 is 1.81 bits per heavy atom. The van der Waals surface area contributed by atoms with E-state index in [9.17, 15) is 10.5 Å². The fourth-order valence-corrected chi connectivity index (χ4v) is 3.98. The highest BCUT2D eigenvalue weighted by atomic mass is 32.2. The van der Waals surface area contributed by atoms with Crippen LogP contribution in [0.2, 0.25) is 0 Å². The molecule has 0 radical (unpaired) electrons. The van der Waals surface area contributed by atoms with Crippen LogP contribution in [0.5, 0.6) is 0 Å². The Kier molecular flexibility index (Phi) is 3.98. The SMILES string of the molecule is N#CC(C#N)=C1C(c2cccs2)=NSN=C1c1cccs1. The molecule has 4 nitrogen and oxygen atoms in total. The Morgan fingerprint density at radius 2 is 1.43 bits per heavy atom. The lowest BCUT2D eigenvalue weighted by Crippen LogP contribution is -2.17. The predicted octanol–water partition coefficient (Wildman–Crippen LogP) is 4.01. The predicted molar refractivity (Wildman–Crippen MR) is 87.6 cm³/mol. The van der Waals surface area contributed by atoms with Crippen molar-refractivity contribution in [3.05, 3.63) is 55.9 Å². The van der Waals surface area contributed by atoms with E-state index in [-0.39, 0.29) is 5.57 Å². The maximum Gasteiger partial charge on any atom is 0.141 e. The van der Waals surface area contributed by atoms with E-state index in [0.717, 1.165) is 21.9 Å². The molecule has 1 aliphatic heterocycles. The van der Waals surface area contributed by atoms with Crippen LogP contribution < -0.4 is 0 Å². The van der Waals surface area contributed by atoms with Crippen molar-refractivity contribution in [3.63, 3.8) is 0 Å². The molecule has 0 amide bonds. The van der Waals surface area contributed by atoms with Crippen molar-refractivity contribution in [3.8, 4) is 12.1 Å². The minimum Gasteiger partial charge on any atom is -0.192 e. The van der Waals surface area contributed by atoms with Gasteiger partial charge in [-0.2, -0.15) is 19.3 Å². The van der Waals surface area contributed by atoms with Crippen LogP contribution in [0.3, 0.4) is 0 Å². The van der Waals surface area contributed by atoms with Crippen molar-refractivity contribution >= 4 is 46.2 Å². The number of allylic oxidation sites excluding steroid dienone is 2. The van der Waals surface area contributed by atoms with Crippen LogP contribution >= 0.6 is 34.8 Å². The third-order valence-electron chi connectivity index (χ3n) is 2.72. The van der Waals surface area contributed by atoms with Crippen LogP contribution in [0.1, 0.15) is 9.75 Å². The number of rotatable bonds is 2. The van der Waals surface area contributed by atoms with Crippen molar-refractivity contribution < 1.29 is 0 Å². The second kappa shape index (κ2) is 6.06. The van der Waals surface area contributed by atoms with E-state index in [1.165, 1.54) is 22.7 Å². The first-order valence-electron chi connectivity index (χ1n) is 5.80. The highest BCUT2D eigenvalue weighted by Crippen LogP contribution is 2.31. The Hall–Kier alpha value is -2.19. The third kappa shape index (κ3) is 2.55. The average molecular weight is 326 g/mol. The summed E-state index contributed by atoms with van der Waals surface area (Å²) >= 11 is 4.13. The molecule has 100 valence electrons. The van der Waals surface area contributed by atoms with Crippen molar-refractivity contribution in [1.82, 2.24) is 0 Å².